The van der Waals surface area contributed by atoms with Gasteiger partial charge in [0.2, 0.25) is 0 Å². The number of allylic oxidation sites excluding steroid dienone is 3. The molecule has 1 aliphatic carbocycles. The number of hydrogen-bond donors (Lipinski definition) is 1. The van der Waals surface area contributed by atoms with Gasteiger partial charge in [0.15, 0.2) is 5.78 Å². The van der Waals surface area contributed by atoms with E-state index in [2.05, 4.69) is 17.3 Å². The molecular weight excluding hydrogens is 380 g/mol. The van der Waals surface area contributed by atoms with E-state index in [1.807, 2.05) is 31.2 Å². The predicted octanol–water partition coefficient (Wildman–Crippen LogP) is 3.30. The molecule has 1 aromatic carbocycles. The zero-order chi connectivity index (χ0) is 21.3. The number of ether oxygens (including phenoxy) is 2. The third kappa shape index (κ3) is 4.15. The number of carbonyl (C=O) groups excluding carboxylic acids is 2. The lowest BCUT2D eigenvalue weighted by Gasteiger charge is -2.33. The van der Waals surface area contributed by atoms with E-state index in [1.165, 1.54) is 0 Å². The molecule has 0 radical (unpaired) electrons. The van der Waals surface area contributed by atoms with E-state index in [9.17, 15) is 9.59 Å². The van der Waals surface area contributed by atoms with Crippen LogP contribution in [0.5, 0.6) is 5.75 Å². The number of piperidine rings is 1. The fraction of sp³-hybridized carbons (Fsp3) is 0.500. The van der Waals surface area contributed by atoms with Crippen LogP contribution in [-0.2, 0) is 14.3 Å². The minimum Gasteiger partial charge on any atom is -0.496 e. The fourth-order valence-corrected chi connectivity index (χ4v) is 4.67. The Morgan fingerprint density at radius 3 is 2.63 bits per heavy atom. The number of esters is 1. The van der Waals surface area contributed by atoms with Crippen LogP contribution in [0.25, 0.3) is 0 Å². The Morgan fingerprint density at radius 1 is 1.17 bits per heavy atom. The molecule has 1 aromatic rings. The number of ketones is 1. The van der Waals surface area contributed by atoms with Crippen LogP contribution in [0, 0.1) is 0 Å². The summed E-state index contributed by atoms with van der Waals surface area (Å²) >= 11 is 0. The first kappa shape index (κ1) is 20.7. The average Bonchev–Trinajstić information content (AvgIpc) is 2.74. The SMILES string of the molecule is COc1ccccc1[C@H]1CC(=O)C2=C(C1)NC(C)=C(C(=O)OC1CCN(C)CC1)C2. The molecule has 1 N–H and O–H groups in total. The molecular formula is C24H30N2O4. The van der Waals surface area contributed by atoms with E-state index < -0.39 is 0 Å². The number of benzene rings is 1. The minimum atomic E-state index is -0.291. The number of nitrogens with zero attached hydrogens (tertiary/aromatic N) is 1. The van der Waals surface area contributed by atoms with Crippen molar-refractivity contribution in [3.05, 3.63) is 52.4 Å². The molecule has 0 unspecified atom stereocenters. The zero-order valence-corrected chi connectivity index (χ0v) is 18.0. The van der Waals surface area contributed by atoms with Crippen molar-refractivity contribution in [2.24, 2.45) is 0 Å². The number of dihydropyridines is 1. The van der Waals surface area contributed by atoms with Crippen molar-refractivity contribution in [2.45, 2.75) is 51.0 Å². The van der Waals surface area contributed by atoms with Crippen LogP contribution in [0.2, 0.25) is 0 Å². The summed E-state index contributed by atoms with van der Waals surface area (Å²) in [5.41, 5.74) is 4.07. The highest BCUT2D eigenvalue weighted by Crippen LogP contribution is 2.41. The summed E-state index contributed by atoms with van der Waals surface area (Å²) < 4.78 is 11.3. The Balaban J connectivity index is 1.47. The zero-order valence-electron chi connectivity index (χ0n) is 18.0. The van der Waals surface area contributed by atoms with Crippen molar-refractivity contribution in [3.8, 4) is 5.75 Å². The smallest absolute Gasteiger partial charge is 0.336 e. The van der Waals surface area contributed by atoms with Gasteiger partial charge in [-0.15, -0.1) is 0 Å². The van der Waals surface area contributed by atoms with Crippen molar-refractivity contribution in [1.82, 2.24) is 10.2 Å². The number of likely N-dealkylation sites (tertiary alicyclic amines) is 1. The van der Waals surface area contributed by atoms with Gasteiger partial charge in [0, 0.05) is 48.8 Å². The molecule has 0 spiro atoms. The van der Waals surface area contributed by atoms with Crippen LogP contribution in [0.4, 0.5) is 0 Å². The van der Waals surface area contributed by atoms with E-state index in [0.29, 0.717) is 18.4 Å². The highest BCUT2D eigenvalue weighted by Gasteiger charge is 2.35. The van der Waals surface area contributed by atoms with E-state index in [4.69, 9.17) is 9.47 Å². The molecule has 2 aliphatic heterocycles. The molecule has 3 aliphatic rings. The Hall–Kier alpha value is -2.60. The van der Waals surface area contributed by atoms with Crippen LogP contribution in [0.1, 0.15) is 50.5 Å². The second kappa shape index (κ2) is 8.64. The molecule has 0 aromatic heterocycles. The molecule has 6 nitrogen and oxygen atoms in total. The lowest BCUT2D eigenvalue weighted by molar-refractivity contribution is -0.146. The fourth-order valence-electron chi connectivity index (χ4n) is 4.67. The Labute approximate surface area is 177 Å². The maximum Gasteiger partial charge on any atom is 0.336 e. The monoisotopic (exact) mass is 410 g/mol. The highest BCUT2D eigenvalue weighted by atomic mass is 16.5. The van der Waals surface area contributed by atoms with Crippen LogP contribution in [0.15, 0.2) is 46.8 Å². The Kier molecular flexibility index (Phi) is 5.95. The highest BCUT2D eigenvalue weighted by molar-refractivity contribution is 6.01. The van der Waals surface area contributed by atoms with Gasteiger partial charge < -0.3 is 19.7 Å². The van der Waals surface area contributed by atoms with Crippen molar-refractivity contribution >= 4 is 11.8 Å². The van der Waals surface area contributed by atoms with Gasteiger partial charge in [-0.05, 0) is 44.9 Å². The van der Waals surface area contributed by atoms with Gasteiger partial charge >= 0.3 is 5.97 Å². The Bertz CT molecular complexity index is 910. The molecule has 0 saturated carbocycles. The summed E-state index contributed by atoms with van der Waals surface area (Å²) in [6.07, 6.45) is 3.19. The standard InChI is InChI=1S/C24H30N2O4/c1-15-19(24(28)30-17-8-10-26(2)11-9-17)14-20-21(25-15)12-16(13-22(20)27)18-6-4-5-7-23(18)29-3/h4-7,16-17,25H,8-14H2,1-3H3/t16-/m1/s1. The summed E-state index contributed by atoms with van der Waals surface area (Å²) in [6.45, 7) is 3.77. The Morgan fingerprint density at radius 2 is 1.90 bits per heavy atom. The number of hydrogen-bond acceptors (Lipinski definition) is 6. The van der Waals surface area contributed by atoms with Gasteiger partial charge in [0.25, 0.3) is 0 Å². The summed E-state index contributed by atoms with van der Waals surface area (Å²) in [5, 5.41) is 3.35. The summed E-state index contributed by atoms with van der Waals surface area (Å²) in [4.78, 5) is 28.1. The average molecular weight is 411 g/mol. The molecule has 0 bridgehead atoms. The quantitative estimate of drug-likeness (QED) is 0.769. The van der Waals surface area contributed by atoms with E-state index in [1.54, 1.807) is 7.11 Å². The largest absolute Gasteiger partial charge is 0.496 e. The lowest BCUT2D eigenvalue weighted by Crippen LogP contribution is -2.36. The molecule has 4 rings (SSSR count). The molecule has 1 atom stereocenters. The summed E-state index contributed by atoms with van der Waals surface area (Å²) in [5.74, 6) is 0.683. The van der Waals surface area contributed by atoms with Crippen molar-refractivity contribution in [1.29, 1.82) is 0 Å². The van der Waals surface area contributed by atoms with Gasteiger partial charge in [0.1, 0.15) is 11.9 Å². The number of rotatable bonds is 4. The lowest BCUT2D eigenvalue weighted by atomic mass is 9.78. The van der Waals surface area contributed by atoms with Crippen LogP contribution >= 0.6 is 0 Å². The number of para-hydroxylation sites is 1. The third-order valence-corrected chi connectivity index (χ3v) is 6.49. The number of nitrogens with one attached hydrogen (secondary N) is 1. The molecule has 2 heterocycles. The number of carbonyl (C=O) groups is 2. The van der Waals surface area contributed by atoms with E-state index in [0.717, 1.165) is 60.6 Å². The molecule has 30 heavy (non-hydrogen) atoms. The normalized spacial score (nSPS) is 23.2. The molecule has 0 amide bonds. The topological polar surface area (TPSA) is 67.9 Å². The molecule has 160 valence electrons. The van der Waals surface area contributed by atoms with Gasteiger partial charge in [0.05, 0.1) is 12.7 Å². The van der Waals surface area contributed by atoms with Crippen molar-refractivity contribution in [3.63, 3.8) is 0 Å². The summed E-state index contributed by atoms with van der Waals surface area (Å²) in [7, 11) is 3.74. The first-order valence-electron chi connectivity index (χ1n) is 10.7. The van der Waals surface area contributed by atoms with Gasteiger partial charge in [-0.1, -0.05) is 18.2 Å². The number of methoxy groups -OCH3 is 1. The van der Waals surface area contributed by atoms with Crippen LogP contribution < -0.4 is 10.1 Å². The second-order valence-electron chi connectivity index (χ2n) is 8.54. The predicted molar refractivity (Wildman–Crippen MR) is 114 cm³/mol. The van der Waals surface area contributed by atoms with Gasteiger partial charge in [-0.3, -0.25) is 4.79 Å². The van der Waals surface area contributed by atoms with E-state index >= 15 is 0 Å². The summed E-state index contributed by atoms with van der Waals surface area (Å²) in [6, 6.07) is 7.87. The van der Waals surface area contributed by atoms with Gasteiger partial charge in [-0.25, -0.2) is 4.79 Å². The first-order chi connectivity index (χ1) is 14.5. The maximum absolute atomic E-state index is 13.0. The third-order valence-electron chi connectivity index (χ3n) is 6.49. The van der Waals surface area contributed by atoms with Crippen LogP contribution in [0.3, 0.4) is 0 Å². The van der Waals surface area contributed by atoms with Crippen molar-refractivity contribution in [2.75, 3.05) is 27.2 Å². The molecule has 6 heteroatoms. The maximum atomic E-state index is 13.0. The van der Waals surface area contributed by atoms with Crippen molar-refractivity contribution < 1.29 is 19.1 Å². The van der Waals surface area contributed by atoms with E-state index in [-0.39, 0.29) is 23.8 Å². The van der Waals surface area contributed by atoms with Crippen LogP contribution in [-0.4, -0.2) is 50.0 Å². The molecule has 1 fully saturated rings. The molecule has 1 saturated heterocycles. The first-order valence-corrected chi connectivity index (χ1v) is 10.7. The second-order valence-corrected chi connectivity index (χ2v) is 8.54. The number of Topliss-reactive ketones (excluding diaryl/α,β-unsaturated/α-hetero) is 1. The minimum absolute atomic E-state index is 0.0404. The van der Waals surface area contributed by atoms with Gasteiger partial charge in [-0.2, -0.15) is 0 Å².